The van der Waals surface area contributed by atoms with Crippen molar-refractivity contribution in [3.8, 4) is 11.5 Å². The Hall–Kier alpha value is -2.74. The molecule has 2 aromatic carbocycles. The number of benzene rings is 2. The minimum Gasteiger partial charge on any atom is -0.456 e. The van der Waals surface area contributed by atoms with E-state index in [1.807, 2.05) is 5.32 Å². The molecule has 148 valence electrons. The molecular weight excluding hydrogens is 397 g/mol. The molecule has 2 N–H and O–H groups in total. The first-order valence-electron chi connectivity index (χ1n) is 8.44. The highest BCUT2D eigenvalue weighted by Gasteiger charge is 2.45. The zero-order valence-electron chi connectivity index (χ0n) is 14.4. The number of anilines is 1. The SMILES string of the molecule is O=C(Nc1ccc(Oc2ccccc2Cl)cc1)[C@@H]1CC[C@H](C(F)(F)F)NC1=O. The van der Waals surface area contributed by atoms with Crippen LogP contribution in [0.4, 0.5) is 18.9 Å². The number of amides is 2. The Bertz CT molecular complexity index is 871. The monoisotopic (exact) mass is 412 g/mol. The first kappa shape index (κ1) is 20.0. The Morgan fingerprint density at radius 1 is 1.11 bits per heavy atom. The number of piperidine rings is 1. The lowest BCUT2D eigenvalue weighted by molar-refractivity contribution is -0.170. The van der Waals surface area contributed by atoms with E-state index in [-0.39, 0.29) is 12.8 Å². The molecule has 0 saturated carbocycles. The molecule has 2 aromatic rings. The predicted octanol–water partition coefficient (Wildman–Crippen LogP) is 4.53. The molecule has 1 heterocycles. The van der Waals surface area contributed by atoms with Gasteiger partial charge in [-0.1, -0.05) is 23.7 Å². The third-order valence-corrected chi connectivity index (χ3v) is 4.59. The van der Waals surface area contributed by atoms with E-state index >= 15 is 0 Å². The van der Waals surface area contributed by atoms with Crippen molar-refractivity contribution in [3.05, 3.63) is 53.6 Å². The minimum absolute atomic E-state index is 0.171. The fraction of sp³-hybridized carbons (Fsp3) is 0.263. The van der Waals surface area contributed by atoms with Gasteiger partial charge in [-0.15, -0.1) is 0 Å². The van der Waals surface area contributed by atoms with Gasteiger partial charge in [0.15, 0.2) is 0 Å². The first-order chi connectivity index (χ1) is 13.2. The number of alkyl halides is 3. The zero-order valence-corrected chi connectivity index (χ0v) is 15.2. The highest BCUT2D eigenvalue weighted by Crippen LogP contribution is 2.31. The number of carbonyl (C=O) groups excluding carboxylic acids is 2. The van der Waals surface area contributed by atoms with Gasteiger partial charge >= 0.3 is 6.18 Å². The summed E-state index contributed by atoms with van der Waals surface area (Å²) in [5.74, 6) is -1.80. The van der Waals surface area contributed by atoms with Crippen LogP contribution in [0, 0.1) is 5.92 Å². The molecule has 1 fully saturated rings. The normalized spacial score (nSPS) is 19.6. The maximum absolute atomic E-state index is 12.7. The summed E-state index contributed by atoms with van der Waals surface area (Å²) in [6.45, 7) is 0. The van der Waals surface area contributed by atoms with Gasteiger partial charge in [0.05, 0.1) is 5.02 Å². The summed E-state index contributed by atoms with van der Waals surface area (Å²) in [6.07, 6.45) is -5.03. The van der Waals surface area contributed by atoms with Gasteiger partial charge in [-0.05, 0) is 49.2 Å². The van der Waals surface area contributed by atoms with E-state index < -0.39 is 30.0 Å². The Morgan fingerprint density at radius 3 is 2.39 bits per heavy atom. The molecular formula is C19H16ClF3N2O3. The van der Waals surface area contributed by atoms with Crippen LogP contribution in [-0.4, -0.2) is 24.0 Å². The van der Waals surface area contributed by atoms with Crippen LogP contribution in [0.1, 0.15) is 12.8 Å². The molecule has 0 bridgehead atoms. The molecule has 0 aromatic heterocycles. The molecule has 5 nitrogen and oxygen atoms in total. The summed E-state index contributed by atoms with van der Waals surface area (Å²) >= 11 is 6.02. The lowest BCUT2D eigenvalue weighted by Crippen LogP contribution is -2.53. The Morgan fingerprint density at radius 2 is 1.79 bits per heavy atom. The number of halogens is 4. The van der Waals surface area contributed by atoms with Gasteiger partial charge in [-0.25, -0.2) is 0 Å². The van der Waals surface area contributed by atoms with Crippen LogP contribution >= 0.6 is 11.6 Å². The van der Waals surface area contributed by atoms with Gasteiger partial charge < -0.3 is 15.4 Å². The average Bonchev–Trinajstić information content (AvgIpc) is 2.64. The van der Waals surface area contributed by atoms with Crippen LogP contribution in [0.2, 0.25) is 5.02 Å². The molecule has 1 saturated heterocycles. The van der Waals surface area contributed by atoms with Crippen molar-refractivity contribution in [2.75, 3.05) is 5.32 Å². The van der Waals surface area contributed by atoms with E-state index in [9.17, 15) is 22.8 Å². The fourth-order valence-corrected chi connectivity index (χ4v) is 2.97. The highest BCUT2D eigenvalue weighted by atomic mass is 35.5. The summed E-state index contributed by atoms with van der Waals surface area (Å²) < 4.78 is 43.7. The molecule has 9 heteroatoms. The zero-order chi connectivity index (χ0) is 20.3. The second kappa shape index (κ2) is 8.10. The van der Waals surface area contributed by atoms with Gasteiger partial charge in [0.1, 0.15) is 23.5 Å². The van der Waals surface area contributed by atoms with Crippen molar-refractivity contribution in [1.82, 2.24) is 5.32 Å². The molecule has 2 atom stereocenters. The molecule has 28 heavy (non-hydrogen) atoms. The van der Waals surface area contributed by atoms with Gasteiger partial charge in [0, 0.05) is 5.69 Å². The number of para-hydroxylation sites is 1. The van der Waals surface area contributed by atoms with E-state index in [0.29, 0.717) is 22.2 Å². The van der Waals surface area contributed by atoms with Crippen LogP contribution in [0.3, 0.4) is 0 Å². The Labute approximate surface area is 163 Å². The van der Waals surface area contributed by atoms with Crippen LogP contribution in [0.25, 0.3) is 0 Å². The van der Waals surface area contributed by atoms with Crippen molar-refractivity contribution in [2.45, 2.75) is 25.1 Å². The molecule has 0 aliphatic carbocycles. The number of ether oxygens (including phenoxy) is 1. The first-order valence-corrected chi connectivity index (χ1v) is 8.82. The fourth-order valence-electron chi connectivity index (χ4n) is 2.79. The molecule has 1 aliphatic heterocycles. The quantitative estimate of drug-likeness (QED) is 0.725. The van der Waals surface area contributed by atoms with E-state index in [4.69, 9.17) is 16.3 Å². The van der Waals surface area contributed by atoms with Crippen molar-refractivity contribution < 1.29 is 27.5 Å². The number of nitrogens with one attached hydrogen (secondary N) is 2. The smallest absolute Gasteiger partial charge is 0.408 e. The third-order valence-electron chi connectivity index (χ3n) is 4.27. The summed E-state index contributed by atoms with van der Waals surface area (Å²) in [7, 11) is 0. The van der Waals surface area contributed by atoms with Crippen LogP contribution < -0.4 is 15.4 Å². The van der Waals surface area contributed by atoms with Crippen LogP contribution in [0.5, 0.6) is 11.5 Å². The van der Waals surface area contributed by atoms with Gasteiger partial charge in [0.25, 0.3) is 0 Å². The number of hydrogen-bond acceptors (Lipinski definition) is 3. The van der Waals surface area contributed by atoms with Crippen molar-refractivity contribution in [2.24, 2.45) is 5.92 Å². The van der Waals surface area contributed by atoms with Crippen LogP contribution in [0.15, 0.2) is 48.5 Å². The second-order valence-electron chi connectivity index (χ2n) is 6.28. The lowest BCUT2D eigenvalue weighted by Gasteiger charge is -2.29. The molecule has 1 aliphatic rings. The van der Waals surface area contributed by atoms with Crippen molar-refractivity contribution in [3.63, 3.8) is 0 Å². The maximum atomic E-state index is 12.7. The topological polar surface area (TPSA) is 67.4 Å². The molecule has 2 amide bonds. The summed E-state index contributed by atoms with van der Waals surface area (Å²) in [6, 6.07) is 11.3. The molecule has 0 unspecified atom stereocenters. The Balaban J connectivity index is 1.59. The van der Waals surface area contributed by atoms with E-state index in [2.05, 4.69) is 5.32 Å². The van der Waals surface area contributed by atoms with Crippen molar-refractivity contribution >= 4 is 29.1 Å². The molecule has 0 radical (unpaired) electrons. The summed E-state index contributed by atoms with van der Waals surface area (Å²) in [4.78, 5) is 24.1. The van der Waals surface area contributed by atoms with Gasteiger partial charge in [-0.2, -0.15) is 13.2 Å². The predicted molar refractivity (Wildman–Crippen MR) is 97.3 cm³/mol. The minimum atomic E-state index is -4.52. The average molecular weight is 413 g/mol. The highest BCUT2D eigenvalue weighted by molar-refractivity contribution is 6.32. The van der Waals surface area contributed by atoms with Crippen LogP contribution in [-0.2, 0) is 9.59 Å². The summed E-state index contributed by atoms with van der Waals surface area (Å²) in [5.41, 5.74) is 0.391. The van der Waals surface area contributed by atoms with Crippen molar-refractivity contribution in [1.29, 1.82) is 0 Å². The third kappa shape index (κ3) is 4.75. The number of hydrogen-bond donors (Lipinski definition) is 2. The molecule has 3 rings (SSSR count). The lowest BCUT2D eigenvalue weighted by atomic mass is 9.92. The van der Waals surface area contributed by atoms with E-state index in [1.54, 1.807) is 48.5 Å². The number of carbonyl (C=O) groups is 2. The van der Waals surface area contributed by atoms with E-state index in [1.165, 1.54) is 0 Å². The summed E-state index contributed by atoms with van der Waals surface area (Å²) in [5, 5.41) is 4.84. The molecule has 0 spiro atoms. The Kier molecular flexibility index (Phi) is 5.79. The maximum Gasteiger partial charge on any atom is 0.408 e. The largest absolute Gasteiger partial charge is 0.456 e. The van der Waals surface area contributed by atoms with Gasteiger partial charge in [-0.3, -0.25) is 9.59 Å². The van der Waals surface area contributed by atoms with Gasteiger partial charge in [0.2, 0.25) is 11.8 Å². The standard InChI is InChI=1S/C19H16ClF3N2O3/c20-14-3-1-2-4-15(14)28-12-7-5-11(6-8-12)24-17(26)13-9-10-16(19(21,22)23)25-18(13)27/h1-8,13,16H,9-10H2,(H,24,26)(H,25,27)/t13-,16+/m0/s1. The number of rotatable bonds is 4. The second-order valence-corrected chi connectivity index (χ2v) is 6.69. The van der Waals surface area contributed by atoms with E-state index in [0.717, 1.165) is 0 Å².